The van der Waals surface area contributed by atoms with Crippen LogP contribution >= 0.6 is 15.9 Å². The Hall–Kier alpha value is -1.03. The molecule has 0 fully saturated rings. The highest BCUT2D eigenvalue weighted by Gasteiger charge is 2.22. The number of hydrogen-bond acceptors (Lipinski definition) is 2. The minimum atomic E-state index is -0.811. The molecule has 1 aromatic carbocycles. The van der Waals surface area contributed by atoms with Crippen molar-refractivity contribution in [2.45, 2.75) is 25.9 Å². The first-order valence-electron chi connectivity index (χ1n) is 4.76. The van der Waals surface area contributed by atoms with E-state index in [-0.39, 0.29) is 12.5 Å². The molecule has 1 aliphatic rings. The van der Waals surface area contributed by atoms with Crippen LogP contribution in [0.15, 0.2) is 16.6 Å². The minimum absolute atomic E-state index is 0.0558. The summed E-state index contributed by atoms with van der Waals surface area (Å²) in [6, 6.07) is 3.72. The number of hydrogen-bond donors (Lipinski definition) is 1. The lowest BCUT2D eigenvalue weighted by atomic mass is 10.1. The molecular formula is C11H11BrO3. The Labute approximate surface area is 96.2 Å². The molecule has 0 amide bonds. The summed E-state index contributed by atoms with van der Waals surface area (Å²) >= 11 is 3.40. The number of fused-ring (bicyclic) bond motifs is 1. The maximum Gasteiger partial charge on any atom is 0.307 e. The van der Waals surface area contributed by atoms with Gasteiger partial charge in [-0.3, -0.25) is 4.79 Å². The molecule has 1 aromatic rings. The zero-order chi connectivity index (χ0) is 11.0. The van der Waals surface area contributed by atoms with Gasteiger partial charge in [0.2, 0.25) is 0 Å². The molecule has 0 radical (unpaired) electrons. The average molecular weight is 271 g/mol. The molecule has 1 atom stereocenters. The third kappa shape index (κ3) is 2.15. The van der Waals surface area contributed by atoms with Gasteiger partial charge in [-0.05, 0) is 40.0 Å². The molecule has 80 valence electrons. The first-order valence-corrected chi connectivity index (χ1v) is 5.55. The van der Waals surface area contributed by atoms with Crippen LogP contribution in [0.25, 0.3) is 0 Å². The number of carbonyl (C=O) groups is 1. The molecule has 3 nitrogen and oxygen atoms in total. The minimum Gasteiger partial charge on any atom is -0.489 e. The highest BCUT2D eigenvalue weighted by Crippen LogP contribution is 2.37. The lowest BCUT2D eigenvalue weighted by molar-refractivity contribution is -0.136. The molecule has 0 aromatic heterocycles. The maximum absolute atomic E-state index is 10.6. The molecule has 1 aliphatic heterocycles. The van der Waals surface area contributed by atoms with E-state index in [1.165, 1.54) is 0 Å². The number of halogens is 1. The Kier molecular flexibility index (Phi) is 2.69. The average Bonchev–Trinajstić information content (AvgIpc) is 2.44. The Morgan fingerprint density at radius 3 is 3.07 bits per heavy atom. The lowest BCUT2D eigenvalue weighted by Gasteiger charge is -2.06. The summed E-state index contributed by atoms with van der Waals surface area (Å²) in [4.78, 5) is 10.6. The number of aliphatic carboxylic acids is 1. The summed E-state index contributed by atoms with van der Waals surface area (Å²) in [5.74, 6) is 0.0467. The van der Waals surface area contributed by atoms with E-state index in [2.05, 4.69) is 15.9 Å². The summed E-state index contributed by atoms with van der Waals surface area (Å²) in [6.45, 7) is 2.00. The summed E-state index contributed by atoms with van der Waals surface area (Å²) in [5, 5.41) is 8.71. The fraction of sp³-hybridized carbons (Fsp3) is 0.364. The largest absolute Gasteiger partial charge is 0.489 e. The van der Waals surface area contributed by atoms with Crippen molar-refractivity contribution in [2.75, 3.05) is 0 Å². The van der Waals surface area contributed by atoms with Crippen molar-refractivity contribution < 1.29 is 14.6 Å². The number of ether oxygens (including phenoxy) is 1. The molecule has 1 unspecified atom stereocenters. The van der Waals surface area contributed by atoms with Gasteiger partial charge in [-0.1, -0.05) is 6.07 Å². The van der Waals surface area contributed by atoms with Crippen LogP contribution in [0.1, 0.15) is 18.1 Å². The molecule has 1 heterocycles. The van der Waals surface area contributed by atoms with E-state index in [1.54, 1.807) is 0 Å². The first-order chi connectivity index (χ1) is 7.06. The summed E-state index contributed by atoms with van der Waals surface area (Å²) in [5.41, 5.74) is 1.90. The Bertz CT molecular complexity index is 415. The van der Waals surface area contributed by atoms with Gasteiger partial charge in [0, 0.05) is 6.42 Å². The van der Waals surface area contributed by atoms with E-state index < -0.39 is 5.97 Å². The molecule has 0 bridgehead atoms. The predicted molar refractivity (Wildman–Crippen MR) is 59.3 cm³/mol. The normalized spacial score (nSPS) is 18.4. The number of benzene rings is 1. The van der Waals surface area contributed by atoms with Gasteiger partial charge in [0.05, 0.1) is 10.9 Å². The van der Waals surface area contributed by atoms with Crippen LogP contribution in [0.2, 0.25) is 0 Å². The summed E-state index contributed by atoms with van der Waals surface area (Å²) < 4.78 is 6.45. The van der Waals surface area contributed by atoms with Gasteiger partial charge in [-0.25, -0.2) is 0 Å². The quantitative estimate of drug-likeness (QED) is 0.898. The van der Waals surface area contributed by atoms with Gasteiger partial charge in [0.25, 0.3) is 0 Å². The molecule has 2 rings (SSSR count). The van der Waals surface area contributed by atoms with Crippen molar-refractivity contribution in [3.63, 3.8) is 0 Å². The van der Waals surface area contributed by atoms with Crippen LogP contribution in [0, 0.1) is 0 Å². The van der Waals surface area contributed by atoms with Crippen molar-refractivity contribution in [1.82, 2.24) is 0 Å². The molecule has 0 spiro atoms. The van der Waals surface area contributed by atoms with Crippen molar-refractivity contribution in [2.24, 2.45) is 0 Å². The molecule has 0 aliphatic carbocycles. The van der Waals surface area contributed by atoms with E-state index in [4.69, 9.17) is 9.84 Å². The number of carboxylic acids is 1. The fourth-order valence-electron chi connectivity index (χ4n) is 1.83. The van der Waals surface area contributed by atoms with Gasteiger partial charge in [0.15, 0.2) is 0 Å². The number of carboxylic acid groups (broad SMARTS) is 1. The SMILES string of the molecule is CC1Cc2cc(CC(=O)O)cc(Br)c2O1. The summed E-state index contributed by atoms with van der Waals surface area (Å²) in [7, 11) is 0. The van der Waals surface area contributed by atoms with E-state index in [9.17, 15) is 4.79 Å². The van der Waals surface area contributed by atoms with Gasteiger partial charge in [-0.2, -0.15) is 0 Å². The third-order valence-electron chi connectivity index (χ3n) is 2.36. The first kappa shape index (κ1) is 10.5. The zero-order valence-corrected chi connectivity index (χ0v) is 9.87. The predicted octanol–water partition coefficient (Wildman–Crippen LogP) is 2.40. The summed E-state index contributed by atoms with van der Waals surface area (Å²) in [6.07, 6.45) is 1.08. The molecule has 4 heteroatoms. The highest BCUT2D eigenvalue weighted by molar-refractivity contribution is 9.10. The van der Waals surface area contributed by atoms with Crippen LogP contribution in [0.3, 0.4) is 0 Å². The van der Waals surface area contributed by atoms with Gasteiger partial charge in [-0.15, -0.1) is 0 Å². The molecule has 0 saturated carbocycles. The standard InChI is InChI=1S/C11H11BrO3/c1-6-2-8-3-7(5-10(13)14)4-9(12)11(8)15-6/h3-4,6H,2,5H2,1H3,(H,13,14). The lowest BCUT2D eigenvalue weighted by Crippen LogP contribution is -2.05. The van der Waals surface area contributed by atoms with Gasteiger partial charge >= 0.3 is 5.97 Å². The van der Waals surface area contributed by atoms with Crippen molar-refractivity contribution in [3.05, 3.63) is 27.7 Å². The van der Waals surface area contributed by atoms with Crippen LogP contribution in [0.5, 0.6) is 5.75 Å². The Morgan fingerprint density at radius 2 is 2.40 bits per heavy atom. The van der Waals surface area contributed by atoms with Crippen molar-refractivity contribution in [3.8, 4) is 5.75 Å². The Morgan fingerprint density at radius 1 is 1.67 bits per heavy atom. The van der Waals surface area contributed by atoms with Crippen molar-refractivity contribution in [1.29, 1.82) is 0 Å². The third-order valence-corrected chi connectivity index (χ3v) is 2.95. The number of rotatable bonds is 2. The topological polar surface area (TPSA) is 46.5 Å². The molecular weight excluding hydrogens is 260 g/mol. The van der Waals surface area contributed by atoms with E-state index in [0.29, 0.717) is 0 Å². The van der Waals surface area contributed by atoms with Gasteiger partial charge < -0.3 is 9.84 Å². The molecule has 15 heavy (non-hydrogen) atoms. The van der Waals surface area contributed by atoms with Gasteiger partial charge in [0.1, 0.15) is 11.9 Å². The Balaban J connectivity index is 2.35. The fourth-order valence-corrected chi connectivity index (χ4v) is 2.47. The second-order valence-electron chi connectivity index (χ2n) is 3.77. The van der Waals surface area contributed by atoms with Crippen LogP contribution in [-0.4, -0.2) is 17.2 Å². The second-order valence-corrected chi connectivity index (χ2v) is 4.62. The van der Waals surface area contributed by atoms with Crippen LogP contribution < -0.4 is 4.74 Å². The monoisotopic (exact) mass is 270 g/mol. The van der Waals surface area contributed by atoms with Crippen LogP contribution in [0.4, 0.5) is 0 Å². The van der Waals surface area contributed by atoms with E-state index in [0.717, 1.165) is 27.8 Å². The maximum atomic E-state index is 10.6. The van der Waals surface area contributed by atoms with E-state index in [1.807, 2.05) is 19.1 Å². The molecule has 0 saturated heterocycles. The second kappa shape index (κ2) is 3.85. The van der Waals surface area contributed by atoms with Crippen molar-refractivity contribution >= 4 is 21.9 Å². The zero-order valence-electron chi connectivity index (χ0n) is 8.29. The van der Waals surface area contributed by atoms with E-state index >= 15 is 0 Å². The highest BCUT2D eigenvalue weighted by atomic mass is 79.9. The smallest absolute Gasteiger partial charge is 0.307 e. The van der Waals surface area contributed by atoms with Crippen LogP contribution in [-0.2, 0) is 17.6 Å². The molecule has 1 N–H and O–H groups in total.